The maximum Gasteiger partial charge on any atom is 0.196 e. The molecule has 1 aliphatic rings. The highest BCUT2D eigenvalue weighted by atomic mass is 16.3. The molecule has 4 heteroatoms. The van der Waals surface area contributed by atoms with Crippen LogP contribution in [0.25, 0.3) is 11.1 Å². The lowest BCUT2D eigenvalue weighted by atomic mass is 9.96. The Kier molecular flexibility index (Phi) is 6.68. The molecule has 2 aromatic heterocycles. The van der Waals surface area contributed by atoms with Crippen molar-refractivity contribution in [2.45, 2.75) is 38.5 Å². The summed E-state index contributed by atoms with van der Waals surface area (Å²) in [5.74, 6) is 2.51. The summed E-state index contributed by atoms with van der Waals surface area (Å²) in [4.78, 5) is 26.8. The minimum atomic E-state index is -0.0702. The molecule has 4 bridgehead atoms. The number of furan rings is 2. The molecule has 3 heterocycles. The van der Waals surface area contributed by atoms with Gasteiger partial charge in [0.1, 0.15) is 23.0 Å². The molecular formula is C32H28O4. The predicted octanol–water partition coefficient (Wildman–Crippen LogP) is 8.11. The molecule has 2 atom stereocenters. The van der Waals surface area contributed by atoms with E-state index in [-0.39, 0.29) is 23.4 Å². The number of rotatable bonds is 4. The number of hydrogen-bond donors (Lipinski definition) is 0. The van der Waals surface area contributed by atoms with Gasteiger partial charge in [-0.1, -0.05) is 86.7 Å². The molecule has 0 fully saturated rings. The van der Waals surface area contributed by atoms with E-state index in [4.69, 9.17) is 8.83 Å². The molecule has 0 unspecified atom stereocenters. The van der Waals surface area contributed by atoms with E-state index in [1.54, 1.807) is 0 Å². The summed E-state index contributed by atoms with van der Waals surface area (Å²) >= 11 is 0. The molecule has 2 aromatic carbocycles. The van der Waals surface area contributed by atoms with Gasteiger partial charge in [0.15, 0.2) is 11.6 Å². The van der Waals surface area contributed by atoms with Gasteiger partial charge in [0.2, 0.25) is 0 Å². The number of ketones is 2. The van der Waals surface area contributed by atoms with Gasteiger partial charge in [-0.05, 0) is 37.1 Å². The smallest absolute Gasteiger partial charge is 0.196 e. The summed E-state index contributed by atoms with van der Waals surface area (Å²) in [6, 6.07) is 26.1. The maximum atomic E-state index is 13.4. The quantitative estimate of drug-likeness (QED) is 0.279. The zero-order valence-electron chi connectivity index (χ0n) is 20.4. The SMILES string of the molecule is C[C@@H]1C/C=C(/C(=O)c2ccccc2)c2ccc(o2)[C@H](C)C/C=C(/C(=O)c2ccccc2)c2ccc1o2. The minimum absolute atomic E-state index is 0.00157. The lowest BCUT2D eigenvalue weighted by Gasteiger charge is -2.11. The standard InChI is InChI=1S/C32H28O4/c1-21-13-15-25(31(33)23-9-5-3-6-10-23)30-20-18-28(36-30)22(2)14-16-26(29-19-17-27(21)35-29)32(34)24-11-7-4-8-12-24/h3-12,15-22H,13-14H2,1-2H3/b25-15+,26-16+/t21-,22-/m1/s1. The molecular weight excluding hydrogens is 448 g/mol. The lowest BCUT2D eigenvalue weighted by molar-refractivity contribution is 0.104. The van der Waals surface area contributed by atoms with Crippen LogP contribution >= 0.6 is 0 Å². The summed E-state index contributed by atoms with van der Waals surface area (Å²) in [5.41, 5.74) is 2.34. The molecule has 0 saturated carbocycles. The van der Waals surface area contributed by atoms with Crippen LogP contribution in [0.4, 0.5) is 0 Å². The number of benzene rings is 2. The van der Waals surface area contributed by atoms with Gasteiger partial charge >= 0.3 is 0 Å². The van der Waals surface area contributed by atoms with Gasteiger partial charge in [0.25, 0.3) is 0 Å². The van der Waals surface area contributed by atoms with Crippen LogP contribution in [0.15, 0.2) is 106 Å². The monoisotopic (exact) mass is 476 g/mol. The highest BCUT2D eigenvalue weighted by Crippen LogP contribution is 2.33. The fraction of sp³-hybridized carbons (Fsp3) is 0.188. The van der Waals surface area contributed by atoms with Gasteiger partial charge in [0.05, 0.1) is 11.1 Å². The Balaban J connectivity index is 1.55. The van der Waals surface area contributed by atoms with Crippen LogP contribution in [0, 0.1) is 0 Å². The van der Waals surface area contributed by atoms with Crippen molar-refractivity contribution in [2.75, 3.05) is 0 Å². The molecule has 0 amide bonds. The third-order valence-electron chi connectivity index (χ3n) is 6.67. The maximum absolute atomic E-state index is 13.4. The number of fused-ring (bicyclic) bond motifs is 4. The molecule has 1 aliphatic heterocycles. The van der Waals surface area contributed by atoms with Crippen molar-refractivity contribution in [3.8, 4) is 0 Å². The average Bonchev–Trinajstić information content (AvgIpc) is 3.60. The summed E-state index contributed by atoms with van der Waals surface area (Å²) in [6.07, 6.45) is 5.04. The van der Waals surface area contributed by atoms with E-state index in [0.29, 0.717) is 46.6 Å². The van der Waals surface area contributed by atoms with Crippen molar-refractivity contribution >= 4 is 22.7 Å². The third-order valence-corrected chi connectivity index (χ3v) is 6.67. The van der Waals surface area contributed by atoms with E-state index < -0.39 is 0 Å². The Hall–Kier alpha value is -4.18. The summed E-state index contributed by atoms with van der Waals surface area (Å²) in [5, 5.41) is 0. The third kappa shape index (κ3) is 4.80. The van der Waals surface area contributed by atoms with Crippen LogP contribution < -0.4 is 0 Å². The fourth-order valence-electron chi connectivity index (χ4n) is 4.45. The molecule has 4 nitrogen and oxygen atoms in total. The van der Waals surface area contributed by atoms with E-state index >= 15 is 0 Å². The van der Waals surface area contributed by atoms with Crippen LogP contribution in [0.5, 0.6) is 0 Å². The van der Waals surface area contributed by atoms with Crippen molar-refractivity contribution in [3.05, 3.63) is 131 Å². The normalized spacial score (nSPS) is 20.9. The molecule has 0 saturated heterocycles. The number of Topliss-reactive ketones (excluding diaryl/α,β-unsaturated/α-hetero) is 2. The molecule has 0 radical (unpaired) electrons. The Labute approximate surface area is 211 Å². The Morgan fingerprint density at radius 2 is 0.972 bits per heavy atom. The second-order valence-corrected chi connectivity index (χ2v) is 9.30. The molecule has 36 heavy (non-hydrogen) atoms. The van der Waals surface area contributed by atoms with Gasteiger partial charge in [0, 0.05) is 23.0 Å². The first-order valence-electron chi connectivity index (χ1n) is 12.3. The molecule has 5 rings (SSSR count). The van der Waals surface area contributed by atoms with E-state index in [2.05, 4.69) is 0 Å². The number of carbonyl (C=O) groups is 2. The van der Waals surface area contributed by atoms with Gasteiger partial charge in [-0.25, -0.2) is 0 Å². The van der Waals surface area contributed by atoms with E-state index in [9.17, 15) is 9.59 Å². The van der Waals surface area contributed by atoms with Crippen molar-refractivity contribution < 1.29 is 18.4 Å². The van der Waals surface area contributed by atoms with Crippen LogP contribution in [0.3, 0.4) is 0 Å². The summed E-state index contributed by atoms with van der Waals surface area (Å²) in [7, 11) is 0. The van der Waals surface area contributed by atoms with Gasteiger partial charge in [-0.2, -0.15) is 0 Å². The molecule has 0 aliphatic carbocycles. The number of allylic oxidation sites excluding steroid dienone is 4. The molecule has 0 N–H and O–H groups in total. The summed E-state index contributed by atoms with van der Waals surface area (Å²) in [6.45, 7) is 4.10. The first-order chi connectivity index (χ1) is 17.5. The predicted molar refractivity (Wildman–Crippen MR) is 141 cm³/mol. The first kappa shape index (κ1) is 23.6. The minimum Gasteiger partial charge on any atom is -0.461 e. The van der Waals surface area contributed by atoms with Gasteiger partial charge < -0.3 is 8.83 Å². The van der Waals surface area contributed by atoms with Crippen molar-refractivity contribution in [1.82, 2.24) is 0 Å². The Bertz CT molecular complexity index is 1320. The van der Waals surface area contributed by atoms with Crippen molar-refractivity contribution in [3.63, 3.8) is 0 Å². The van der Waals surface area contributed by atoms with Gasteiger partial charge in [-0.15, -0.1) is 0 Å². The second kappa shape index (κ2) is 10.2. The molecule has 0 spiro atoms. The van der Waals surface area contributed by atoms with E-state index in [1.807, 2.05) is 111 Å². The van der Waals surface area contributed by atoms with E-state index in [0.717, 1.165) is 11.5 Å². The van der Waals surface area contributed by atoms with Crippen LogP contribution in [-0.4, -0.2) is 11.6 Å². The van der Waals surface area contributed by atoms with Crippen molar-refractivity contribution in [1.29, 1.82) is 0 Å². The number of hydrogen-bond acceptors (Lipinski definition) is 4. The Morgan fingerprint density at radius 1 is 0.583 bits per heavy atom. The highest BCUT2D eigenvalue weighted by molar-refractivity contribution is 6.29. The van der Waals surface area contributed by atoms with Crippen LogP contribution in [-0.2, 0) is 0 Å². The van der Waals surface area contributed by atoms with Crippen molar-refractivity contribution in [2.24, 2.45) is 0 Å². The summed E-state index contributed by atoms with van der Waals surface area (Å²) < 4.78 is 12.4. The van der Waals surface area contributed by atoms with E-state index in [1.165, 1.54) is 0 Å². The molecule has 4 aromatic rings. The zero-order chi connectivity index (χ0) is 25.1. The fourth-order valence-corrected chi connectivity index (χ4v) is 4.45. The Morgan fingerprint density at radius 3 is 1.36 bits per heavy atom. The average molecular weight is 477 g/mol. The molecule has 180 valence electrons. The van der Waals surface area contributed by atoms with Crippen LogP contribution in [0.2, 0.25) is 0 Å². The number of carbonyl (C=O) groups excluding carboxylic acids is 2. The topological polar surface area (TPSA) is 60.4 Å². The first-order valence-corrected chi connectivity index (χ1v) is 12.3. The largest absolute Gasteiger partial charge is 0.461 e. The lowest BCUT2D eigenvalue weighted by Crippen LogP contribution is -2.04. The van der Waals surface area contributed by atoms with Gasteiger partial charge in [-0.3, -0.25) is 9.59 Å². The highest BCUT2D eigenvalue weighted by Gasteiger charge is 2.23. The second-order valence-electron chi connectivity index (χ2n) is 9.30. The van der Waals surface area contributed by atoms with Crippen LogP contribution in [0.1, 0.15) is 82.3 Å². The zero-order valence-corrected chi connectivity index (χ0v) is 20.4.